The van der Waals surface area contributed by atoms with Crippen molar-refractivity contribution in [2.24, 2.45) is 0 Å². The lowest BCUT2D eigenvalue weighted by Crippen LogP contribution is -2.55. The second-order valence-electron chi connectivity index (χ2n) is 7.93. The van der Waals surface area contributed by atoms with E-state index in [0.717, 1.165) is 10.5 Å². The third kappa shape index (κ3) is 4.30. The lowest BCUT2D eigenvalue weighted by Gasteiger charge is -2.34. The number of nitrogens with one attached hydrogen (secondary N) is 2. The number of fused-ring (bicyclic) bond motifs is 1. The number of halogens is 2. The molecule has 178 valence electrons. The molecule has 2 aromatic carbocycles. The molecular weight excluding hydrogens is 505 g/mol. The summed E-state index contributed by atoms with van der Waals surface area (Å²) in [5.41, 5.74) is 1.93. The van der Waals surface area contributed by atoms with Crippen molar-refractivity contribution in [2.75, 3.05) is 33.1 Å². The third-order valence-electron chi connectivity index (χ3n) is 6.03. The van der Waals surface area contributed by atoms with E-state index in [1.54, 1.807) is 20.2 Å². The molecule has 1 fully saturated rings. The van der Waals surface area contributed by atoms with Gasteiger partial charge in [-0.25, -0.2) is 14.4 Å². The summed E-state index contributed by atoms with van der Waals surface area (Å²) in [5, 5.41) is 6.43. The Morgan fingerprint density at radius 3 is 2.74 bits per heavy atom. The number of ether oxygens (including phenoxy) is 2. The number of likely N-dealkylation sites (tertiary alicyclic amines) is 1. The average Bonchev–Trinajstić information content (AvgIpc) is 3.11. The number of carbonyl (C=O) groups excluding carboxylic acids is 1. The minimum absolute atomic E-state index is 0.450. The molecule has 4 rings (SSSR count). The summed E-state index contributed by atoms with van der Waals surface area (Å²) in [6.07, 6.45) is 2.98. The Labute approximate surface area is 205 Å². The Balaban J connectivity index is 1.84. The van der Waals surface area contributed by atoms with Gasteiger partial charge in [0.05, 0.1) is 31.3 Å². The Morgan fingerprint density at radius 1 is 1.26 bits per heavy atom. The molecule has 3 aromatic rings. The Kier molecular flexibility index (Phi) is 6.72. The van der Waals surface area contributed by atoms with E-state index in [4.69, 9.17) is 9.47 Å². The molecule has 1 aliphatic rings. The zero-order chi connectivity index (χ0) is 24.5. The van der Waals surface area contributed by atoms with Crippen LogP contribution in [0.2, 0.25) is 0 Å². The zero-order valence-electron chi connectivity index (χ0n) is 19.1. The Bertz CT molecular complexity index is 1260. The van der Waals surface area contributed by atoms with Crippen LogP contribution in [0.15, 0.2) is 53.8 Å². The van der Waals surface area contributed by atoms with Gasteiger partial charge in [-0.1, -0.05) is 22.5 Å². The number of likely N-dealkylation sites (N-methyl/N-ethyl adjacent to an activating group) is 1. The molecule has 0 aliphatic carbocycles. The molecule has 0 spiro atoms. The van der Waals surface area contributed by atoms with Gasteiger partial charge in [-0.3, -0.25) is 9.69 Å². The number of alkyl halides is 1. The maximum Gasteiger partial charge on any atom is 0.247 e. The number of hydrogen-bond acceptors (Lipinski definition) is 7. The van der Waals surface area contributed by atoms with Crippen molar-refractivity contribution in [1.82, 2.24) is 20.2 Å². The lowest BCUT2D eigenvalue weighted by molar-refractivity contribution is -0.126. The van der Waals surface area contributed by atoms with Gasteiger partial charge in [-0.05, 0) is 43.8 Å². The number of aromatic nitrogens is 2. The molecule has 2 heterocycles. The van der Waals surface area contributed by atoms with Crippen LogP contribution in [-0.2, 0) is 4.79 Å². The quantitative estimate of drug-likeness (QED) is 0.344. The van der Waals surface area contributed by atoms with Crippen LogP contribution in [0, 0.1) is 0 Å². The molecule has 2 N–H and O–H groups in total. The fourth-order valence-corrected chi connectivity index (χ4v) is 4.63. The largest absolute Gasteiger partial charge is 0.496 e. The highest BCUT2D eigenvalue weighted by molar-refractivity contribution is 9.10. The Hall–Kier alpha value is -3.24. The molecule has 2 atom stereocenters. The van der Waals surface area contributed by atoms with Gasteiger partial charge in [-0.15, -0.1) is 0 Å². The fraction of sp³-hybridized carbons (Fsp3) is 0.292. The first-order chi connectivity index (χ1) is 16.3. The number of benzene rings is 2. The second-order valence-corrected chi connectivity index (χ2v) is 8.85. The molecule has 1 saturated heterocycles. The second kappa shape index (κ2) is 9.55. The highest BCUT2D eigenvalue weighted by Gasteiger charge is 2.50. The van der Waals surface area contributed by atoms with Crippen LogP contribution in [0.1, 0.15) is 17.9 Å². The summed E-state index contributed by atoms with van der Waals surface area (Å²) in [6.45, 7) is 3.89. The van der Waals surface area contributed by atoms with Crippen LogP contribution >= 0.6 is 15.9 Å². The number of amides is 1. The minimum atomic E-state index is -2.11. The molecule has 34 heavy (non-hydrogen) atoms. The molecule has 0 radical (unpaired) electrons. The van der Waals surface area contributed by atoms with Crippen LogP contribution in [-0.4, -0.2) is 54.5 Å². The molecule has 1 aromatic heterocycles. The topological polar surface area (TPSA) is 88.6 Å². The number of nitrogens with zero attached hydrogens (tertiary/aromatic N) is 3. The first-order valence-corrected chi connectivity index (χ1v) is 11.4. The van der Waals surface area contributed by atoms with Crippen molar-refractivity contribution >= 4 is 44.2 Å². The molecule has 0 bridgehead atoms. The predicted octanol–water partition coefficient (Wildman–Crippen LogP) is 4.50. The van der Waals surface area contributed by atoms with E-state index in [0.29, 0.717) is 52.4 Å². The summed E-state index contributed by atoms with van der Waals surface area (Å²) in [7, 11) is 4.75. The summed E-state index contributed by atoms with van der Waals surface area (Å²) >= 11 is 3.47. The monoisotopic (exact) mass is 529 g/mol. The Morgan fingerprint density at radius 2 is 2.03 bits per heavy atom. The number of rotatable bonds is 7. The van der Waals surface area contributed by atoms with Crippen LogP contribution in [0.3, 0.4) is 0 Å². The molecule has 1 aliphatic heterocycles. The normalized spacial score (nSPS) is 20.2. The summed E-state index contributed by atoms with van der Waals surface area (Å²) in [5.74, 6) is -1.74. The van der Waals surface area contributed by atoms with Crippen molar-refractivity contribution in [2.45, 2.75) is 18.3 Å². The van der Waals surface area contributed by atoms with Gasteiger partial charge in [0.2, 0.25) is 11.8 Å². The van der Waals surface area contributed by atoms with E-state index in [-0.39, 0.29) is 0 Å². The van der Waals surface area contributed by atoms with Crippen molar-refractivity contribution in [1.29, 1.82) is 0 Å². The van der Waals surface area contributed by atoms with Gasteiger partial charge >= 0.3 is 0 Å². The van der Waals surface area contributed by atoms with Crippen LogP contribution in [0.5, 0.6) is 11.5 Å². The van der Waals surface area contributed by atoms with Crippen LogP contribution in [0.25, 0.3) is 10.9 Å². The summed E-state index contributed by atoms with van der Waals surface area (Å²) in [6, 6.07) is 9.15. The maximum absolute atomic E-state index is 16.2. The van der Waals surface area contributed by atoms with Gasteiger partial charge in [0.25, 0.3) is 0 Å². The van der Waals surface area contributed by atoms with E-state index >= 15 is 4.39 Å². The van der Waals surface area contributed by atoms with Gasteiger partial charge in [0.1, 0.15) is 23.6 Å². The smallest absolute Gasteiger partial charge is 0.247 e. The third-order valence-corrected chi connectivity index (χ3v) is 6.52. The fourth-order valence-electron chi connectivity index (χ4n) is 4.27. The molecular formula is C24H25BrFN5O3. The molecule has 0 unspecified atom stereocenters. The standard InChI is InChI=1S/C24H25BrFN5O3/c1-5-22(32)30-24(26)17(8-9-31(24)2)15-11-16-18(12-21(15)34-4)27-13-28-23(16)29-19-10-14(25)6-7-20(19)33-3/h5-7,10-13,17H,1,8-9H2,2-4H3,(H,30,32)(H,27,28,29)/t17-,24-/m1/s1. The first kappa shape index (κ1) is 23.9. The first-order valence-electron chi connectivity index (χ1n) is 10.6. The van der Waals surface area contributed by atoms with Crippen LogP contribution < -0.4 is 20.1 Å². The predicted molar refractivity (Wildman–Crippen MR) is 132 cm³/mol. The van der Waals surface area contributed by atoms with Gasteiger partial charge < -0.3 is 20.1 Å². The highest BCUT2D eigenvalue weighted by Crippen LogP contribution is 2.46. The van der Waals surface area contributed by atoms with Gasteiger partial charge in [-0.2, -0.15) is 0 Å². The average molecular weight is 530 g/mol. The molecule has 1 amide bonds. The zero-order valence-corrected chi connectivity index (χ0v) is 20.6. The van der Waals surface area contributed by atoms with E-state index in [9.17, 15) is 4.79 Å². The minimum Gasteiger partial charge on any atom is -0.496 e. The van der Waals surface area contributed by atoms with Crippen molar-refractivity contribution in [3.63, 3.8) is 0 Å². The van der Waals surface area contributed by atoms with E-state index in [2.05, 4.69) is 43.1 Å². The van der Waals surface area contributed by atoms with E-state index in [1.165, 1.54) is 18.3 Å². The van der Waals surface area contributed by atoms with Crippen molar-refractivity contribution in [3.8, 4) is 11.5 Å². The number of hydrogen-bond donors (Lipinski definition) is 2. The lowest BCUT2D eigenvalue weighted by atomic mass is 9.91. The van der Waals surface area contributed by atoms with Gasteiger partial charge in [0.15, 0.2) is 0 Å². The number of anilines is 2. The van der Waals surface area contributed by atoms with Crippen LogP contribution in [0.4, 0.5) is 15.9 Å². The summed E-state index contributed by atoms with van der Waals surface area (Å²) < 4.78 is 28.2. The highest BCUT2D eigenvalue weighted by atomic mass is 79.9. The maximum atomic E-state index is 16.2. The van der Waals surface area contributed by atoms with E-state index < -0.39 is 17.7 Å². The number of methoxy groups -OCH3 is 2. The number of carbonyl (C=O) groups is 1. The molecule has 8 nitrogen and oxygen atoms in total. The SMILES string of the molecule is C=CC(=O)N[C@]1(F)[C@@H](c2cc3c(Nc4cc(Br)ccc4OC)ncnc3cc2OC)CCN1C. The van der Waals surface area contributed by atoms with Gasteiger partial charge in [0, 0.05) is 28.0 Å². The van der Waals surface area contributed by atoms with Crippen molar-refractivity contribution < 1.29 is 18.7 Å². The van der Waals surface area contributed by atoms with Crippen molar-refractivity contribution in [3.05, 3.63) is 59.4 Å². The molecule has 10 heteroatoms. The molecule has 0 saturated carbocycles. The van der Waals surface area contributed by atoms with E-state index in [1.807, 2.05) is 24.3 Å². The summed E-state index contributed by atoms with van der Waals surface area (Å²) in [4.78, 5) is 22.3.